The second kappa shape index (κ2) is 6.59. The van der Waals surface area contributed by atoms with Gasteiger partial charge in [0.2, 0.25) is 0 Å². The van der Waals surface area contributed by atoms with Crippen molar-refractivity contribution >= 4 is 39.8 Å². The van der Waals surface area contributed by atoms with Crippen molar-refractivity contribution in [1.29, 1.82) is 0 Å². The third-order valence-corrected chi connectivity index (χ3v) is 4.64. The second-order valence-corrected chi connectivity index (χ2v) is 6.49. The third-order valence-electron chi connectivity index (χ3n) is 3.63. The number of ketones is 1. The summed E-state index contributed by atoms with van der Waals surface area (Å²) in [6.45, 7) is 3.66. The first kappa shape index (κ1) is 16.4. The number of thiazole rings is 1. The Kier molecular flexibility index (Phi) is 4.51. The number of anilines is 1. The zero-order chi connectivity index (χ0) is 17.3. The van der Waals surface area contributed by atoms with Crippen molar-refractivity contribution in [3.05, 3.63) is 63.9 Å². The van der Waals surface area contributed by atoms with Crippen LogP contribution in [0.5, 0.6) is 0 Å². The maximum absolute atomic E-state index is 12.5. The Morgan fingerprint density at radius 3 is 2.67 bits per heavy atom. The normalized spacial score (nSPS) is 10.6. The number of amides is 1. The van der Waals surface area contributed by atoms with Gasteiger partial charge in [-0.1, -0.05) is 23.7 Å². The number of Topliss-reactive ketones (excluding diaryl/α,β-unsaturated/α-hetero) is 1. The molecular weight excluding hydrogens is 346 g/mol. The number of nitrogens with one attached hydrogen (secondary N) is 1. The summed E-state index contributed by atoms with van der Waals surface area (Å²) in [7, 11) is 0. The van der Waals surface area contributed by atoms with Crippen LogP contribution in [0.15, 0.2) is 41.9 Å². The number of para-hydroxylation sites is 1. The lowest BCUT2D eigenvalue weighted by molar-refractivity contribution is -0.112. The number of aryl methyl sites for hydroxylation is 1. The molecule has 2 heterocycles. The average Bonchev–Trinajstić information content (AvgIpc) is 3.16. The van der Waals surface area contributed by atoms with Crippen LogP contribution >= 0.6 is 22.9 Å². The summed E-state index contributed by atoms with van der Waals surface area (Å²) in [5, 5.41) is 5.21. The highest BCUT2D eigenvalue weighted by Crippen LogP contribution is 2.26. The van der Waals surface area contributed by atoms with E-state index in [1.54, 1.807) is 30.6 Å². The fraction of sp³-hybridized carbons (Fsp3) is 0.118. The Morgan fingerprint density at radius 1 is 1.25 bits per heavy atom. The van der Waals surface area contributed by atoms with Crippen molar-refractivity contribution < 1.29 is 9.59 Å². The number of benzene rings is 1. The molecule has 5 nitrogen and oxygen atoms in total. The molecule has 7 heteroatoms. The van der Waals surface area contributed by atoms with Crippen LogP contribution in [-0.4, -0.2) is 21.2 Å². The predicted octanol–water partition coefficient (Wildman–Crippen LogP) is 4.03. The lowest BCUT2D eigenvalue weighted by atomic mass is 10.1. The van der Waals surface area contributed by atoms with E-state index in [0.717, 1.165) is 11.4 Å². The predicted molar refractivity (Wildman–Crippen MR) is 95.3 cm³/mol. The third kappa shape index (κ3) is 2.98. The monoisotopic (exact) mass is 359 g/mol. The molecule has 3 rings (SSSR count). The molecule has 0 saturated heterocycles. The molecule has 0 aliphatic carbocycles. The van der Waals surface area contributed by atoms with E-state index in [2.05, 4.69) is 10.3 Å². The number of rotatable bonds is 4. The molecule has 24 heavy (non-hydrogen) atoms. The zero-order valence-corrected chi connectivity index (χ0v) is 14.6. The SMILES string of the molecule is Cc1cc(C(=O)C(=O)Nc2nccs2)c(C)n1-c1ccccc1Cl. The maximum Gasteiger partial charge on any atom is 0.298 e. The summed E-state index contributed by atoms with van der Waals surface area (Å²) in [4.78, 5) is 28.6. The molecule has 0 saturated carbocycles. The minimum atomic E-state index is -0.704. The van der Waals surface area contributed by atoms with Gasteiger partial charge in [0, 0.05) is 28.5 Å². The van der Waals surface area contributed by atoms with Gasteiger partial charge in [0.05, 0.1) is 10.7 Å². The largest absolute Gasteiger partial charge is 0.316 e. The van der Waals surface area contributed by atoms with Crippen molar-refractivity contribution in [2.24, 2.45) is 0 Å². The molecule has 2 aromatic heterocycles. The molecule has 1 aromatic carbocycles. The molecule has 0 fully saturated rings. The molecule has 0 aliphatic heterocycles. The van der Waals surface area contributed by atoms with Crippen LogP contribution in [0.3, 0.4) is 0 Å². The number of aromatic nitrogens is 2. The molecule has 0 aliphatic rings. The molecule has 0 spiro atoms. The summed E-state index contributed by atoms with van der Waals surface area (Å²) in [5.74, 6) is -1.30. The van der Waals surface area contributed by atoms with Crippen molar-refractivity contribution in [1.82, 2.24) is 9.55 Å². The standard InChI is InChI=1S/C17H14ClN3O2S/c1-10-9-12(15(22)16(23)20-17-19-7-8-24-17)11(2)21(10)14-6-4-3-5-13(14)18/h3-9H,1-2H3,(H,19,20,23). The molecule has 0 unspecified atom stereocenters. The van der Waals surface area contributed by atoms with Crippen LogP contribution in [0.2, 0.25) is 5.02 Å². The Labute approximate surface area is 147 Å². The van der Waals surface area contributed by atoms with E-state index in [1.165, 1.54) is 11.3 Å². The summed E-state index contributed by atoms with van der Waals surface area (Å²) in [6, 6.07) is 9.06. The minimum absolute atomic E-state index is 0.349. The highest BCUT2D eigenvalue weighted by molar-refractivity contribution is 7.13. The highest BCUT2D eigenvalue weighted by Gasteiger charge is 2.23. The fourth-order valence-electron chi connectivity index (χ4n) is 2.56. The van der Waals surface area contributed by atoms with E-state index < -0.39 is 11.7 Å². The molecular formula is C17H14ClN3O2S. The van der Waals surface area contributed by atoms with E-state index in [0.29, 0.717) is 21.4 Å². The fourth-order valence-corrected chi connectivity index (χ4v) is 3.30. The van der Waals surface area contributed by atoms with Crippen LogP contribution in [-0.2, 0) is 4.79 Å². The maximum atomic E-state index is 12.5. The minimum Gasteiger partial charge on any atom is -0.316 e. The zero-order valence-electron chi connectivity index (χ0n) is 13.0. The summed E-state index contributed by atoms with van der Waals surface area (Å²) in [5.41, 5.74) is 2.61. The van der Waals surface area contributed by atoms with Gasteiger partial charge < -0.3 is 4.57 Å². The number of carbonyl (C=O) groups excluding carboxylic acids is 2. The Balaban J connectivity index is 1.95. The molecule has 3 aromatic rings. The van der Waals surface area contributed by atoms with Gasteiger partial charge in [-0.05, 0) is 32.0 Å². The van der Waals surface area contributed by atoms with Crippen molar-refractivity contribution in [2.75, 3.05) is 5.32 Å². The van der Waals surface area contributed by atoms with Crippen LogP contribution in [0.1, 0.15) is 21.7 Å². The molecule has 0 bridgehead atoms. The quantitative estimate of drug-likeness (QED) is 0.565. The number of hydrogen-bond donors (Lipinski definition) is 1. The Bertz CT molecular complexity index is 916. The van der Waals surface area contributed by atoms with E-state index in [9.17, 15) is 9.59 Å². The van der Waals surface area contributed by atoms with Crippen molar-refractivity contribution in [2.45, 2.75) is 13.8 Å². The molecule has 1 amide bonds. The second-order valence-electron chi connectivity index (χ2n) is 5.19. The number of nitrogens with zero attached hydrogens (tertiary/aromatic N) is 2. The first-order valence-electron chi connectivity index (χ1n) is 7.18. The van der Waals surface area contributed by atoms with Gasteiger partial charge in [-0.25, -0.2) is 4.98 Å². The highest BCUT2D eigenvalue weighted by atomic mass is 35.5. The first-order chi connectivity index (χ1) is 11.5. The van der Waals surface area contributed by atoms with Crippen molar-refractivity contribution in [3.63, 3.8) is 0 Å². The first-order valence-corrected chi connectivity index (χ1v) is 8.44. The van der Waals surface area contributed by atoms with Crippen molar-refractivity contribution in [3.8, 4) is 5.69 Å². The molecule has 122 valence electrons. The average molecular weight is 360 g/mol. The molecule has 1 N–H and O–H groups in total. The lowest BCUT2D eigenvalue weighted by Gasteiger charge is -2.11. The number of halogens is 1. The smallest absolute Gasteiger partial charge is 0.298 e. The molecule has 0 radical (unpaired) electrons. The van der Waals surface area contributed by atoms with Gasteiger partial charge in [-0.2, -0.15) is 0 Å². The summed E-state index contributed by atoms with van der Waals surface area (Å²) >= 11 is 7.51. The van der Waals surface area contributed by atoms with E-state index >= 15 is 0 Å². The van der Waals surface area contributed by atoms with Gasteiger partial charge in [0.1, 0.15) is 0 Å². The van der Waals surface area contributed by atoms with Gasteiger partial charge in [-0.15, -0.1) is 11.3 Å². The van der Waals surface area contributed by atoms with Crippen LogP contribution in [0.4, 0.5) is 5.13 Å². The summed E-state index contributed by atoms with van der Waals surface area (Å²) in [6.07, 6.45) is 1.56. The molecule has 0 atom stereocenters. The van der Waals surface area contributed by atoms with Crippen LogP contribution < -0.4 is 5.32 Å². The number of hydrogen-bond acceptors (Lipinski definition) is 4. The van der Waals surface area contributed by atoms with Gasteiger partial charge in [-0.3, -0.25) is 14.9 Å². The lowest BCUT2D eigenvalue weighted by Crippen LogP contribution is -2.23. The number of carbonyl (C=O) groups is 2. The Hall–Kier alpha value is -2.44. The topological polar surface area (TPSA) is 64.0 Å². The van der Waals surface area contributed by atoms with Crippen LogP contribution in [0.25, 0.3) is 5.69 Å². The van der Waals surface area contributed by atoms with E-state index in [-0.39, 0.29) is 0 Å². The Morgan fingerprint density at radius 2 is 2.00 bits per heavy atom. The van der Waals surface area contributed by atoms with Gasteiger partial charge >= 0.3 is 0 Å². The van der Waals surface area contributed by atoms with E-state index in [4.69, 9.17) is 11.6 Å². The van der Waals surface area contributed by atoms with Gasteiger partial charge in [0.15, 0.2) is 5.13 Å². The van der Waals surface area contributed by atoms with Crippen LogP contribution in [0, 0.1) is 13.8 Å². The van der Waals surface area contributed by atoms with E-state index in [1.807, 2.05) is 29.7 Å². The van der Waals surface area contributed by atoms with Gasteiger partial charge in [0.25, 0.3) is 11.7 Å². The summed E-state index contributed by atoms with van der Waals surface area (Å²) < 4.78 is 1.87.